The number of aryl methyl sites for hydroxylation is 1. The number of piperazine rings is 1. The molecule has 47 heavy (non-hydrogen) atoms. The Morgan fingerprint density at radius 2 is 1.81 bits per heavy atom. The van der Waals surface area contributed by atoms with Gasteiger partial charge in [0.1, 0.15) is 23.1 Å². The normalized spacial score (nSPS) is 15.1. The molecule has 11 nitrogen and oxygen atoms in total. The van der Waals surface area contributed by atoms with Gasteiger partial charge in [0.25, 0.3) is 0 Å². The van der Waals surface area contributed by atoms with E-state index in [1.54, 1.807) is 35.8 Å². The third-order valence-corrected chi connectivity index (χ3v) is 9.13. The van der Waals surface area contributed by atoms with Crippen molar-refractivity contribution >= 4 is 38.6 Å². The van der Waals surface area contributed by atoms with Gasteiger partial charge in [-0.3, -0.25) is 9.59 Å². The topological polar surface area (TPSA) is 132 Å². The van der Waals surface area contributed by atoms with Gasteiger partial charge in [-0.1, -0.05) is 38.6 Å². The average Bonchev–Trinajstić information content (AvgIpc) is 3.03. The van der Waals surface area contributed by atoms with Gasteiger partial charge >= 0.3 is 11.7 Å². The Kier molecular flexibility index (Phi) is 9.25. The fourth-order valence-corrected chi connectivity index (χ4v) is 6.62. The van der Waals surface area contributed by atoms with Gasteiger partial charge < -0.3 is 14.5 Å². The molecule has 0 saturated carbocycles. The molecule has 2 aromatic heterocycles. The molecule has 3 heterocycles. The van der Waals surface area contributed by atoms with Crippen molar-refractivity contribution < 1.29 is 31.5 Å². The molecule has 0 radical (unpaired) electrons. The van der Waals surface area contributed by atoms with Crippen LogP contribution in [0.4, 0.5) is 14.6 Å². The van der Waals surface area contributed by atoms with Crippen molar-refractivity contribution in [2.45, 2.75) is 44.6 Å². The van der Waals surface area contributed by atoms with Crippen molar-refractivity contribution in [1.82, 2.24) is 19.4 Å². The molecule has 1 saturated heterocycles. The van der Waals surface area contributed by atoms with Gasteiger partial charge in [0.2, 0.25) is 5.91 Å². The molecule has 0 N–H and O–H groups in total. The molecule has 5 rings (SSSR count). The van der Waals surface area contributed by atoms with E-state index >= 15 is 8.78 Å². The summed E-state index contributed by atoms with van der Waals surface area (Å²) in [7, 11) is -3.92. The van der Waals surface area contributed by atoms with Gasteiger partial charge in [-0.25, -0.2) is 31.5 Å². The molecule has 0 unspecified atom stereocenters. The number of para-hydroxylation sites is 1. The molecule has 1 atom stereocenters. The Morgan fingerprint density at radius 1 is 1.09 bits per heavy atom. The fraction of sp³-hybridized carbons (Fsp3) is 0.303. The van der Waals surface area contributed by atoms with E-state index in [0.29, 0.717) is 12.0 Å². The van der Waals surface area contributed by atoms with E-state index in [9.17, 15) is 22.8 Å². The Hall–Kier alpha value is -4.98. The number of aromatic nitrogens is 3. The van der Waals surface area contributed by atoms with Crippen molar-refractivity contribution in [3.05, 3.63) is 82.8 Å². The smallest absolute Gasteiger partial charge is 0.355 e. The number of pyridine rings is 1. The van der Waals surface area contributed by atoms with Crippen LogP contribution in [0.5, 0.6) is 5.75 Å². The maximum absolute atomic E-state index is 16.2. The second-order valence-corrected chi connectivity index (χ2v) is 13.1. The maximum atomic E-state index is 16.2. The predicted octanol–water partition coefficient (Wildman–Crippen LogP) is 4.23. The molecule has 14 heteroatoms. The highest BCUT2D eigenvalue weighted by Crippen LogP contribution is 2.37. The lowest BCUT2D eigenvalue weighted by atomic mass is 10.1. The summed E-state index contributed by atoms with van der Waals surface area (Å²) in [6.45, 7) is 9.39. The molecule has 0 bridgehead atoms. The van der Waals surface area contributed by atoms with Crippen LogP contribution in [0.3, 0.4) is 0 Å². The summed E-state index contributed by atoms with van der Waals surface area (Å²) >= 11 is 0. The number of anilines is 1. The van der Waals surface area contributed by atoms with Crippen LogP contribution in [-0.4, -0.2) is 71.7 Å². The third kappa shape index (κ3) is 6.24. The molecule has 4 aromatic rings. The standard InChI is InChI=1S/C33H33F2N5O6S/c1-6-20-11-9-14-25(47(5,44)45)30(20)40-32-21(31(37-33(40)43)39-16-15-38(18-19(39)4)26(41)7-2)17-23(35)29(36-32)28-22(34)12-10-13-24(28)46-27(42)8-3/h7,9-14,17,19H,2,6,8,15-16,18H2,1,3-5H3/t19-/m0/s1. The van der Waals surface area contributed by atoms with E-state index in [2.05, 4.69) is 16.5 Å². The highest BCUT2D eigenvalue weighted by Gasteiger charge is 2.31. The summed E-state index contributed by atoms with van der Waals surface area (Å²) in [6, 6.07) is 8.85. The number of sulfone groups is 1. The number of halogens is 2. The maximum Gasteiger partial charge on any atom is 0.355 e. The lowest BCUT2D eigenvalue weighted by Crippen LogP contribution is -2.54. The second-order valence-electron chi connectivity index (χ2n) is 11.1. The highest BCUT2D eigenvalue weighted by atomic mass is 32.2. The SMILES string of the molecule is C=CC(=O)N1CCN(c2nc(=O)n(-c3c(CC)cccc3S(C)(=O)=O)c3nc(-c4c(F)cccc4OC(=O)CC)c(F)cc23)[C@@H](C)C1. The van der Waals surface area contributed by atoms with Crippen LogP contribution in [-0.2, 0) is 25.8 Å². The number of fused-ring (bicyclic) bond motifs is 1. The van der Waals surface area contributed by atoms with Gasteiger partial charge in [-0.05, 0) is 49.2 Å². The minimum Gasteiger partial charge on any atom is -0.426 e. The zero-order valence-electron chi connectivity index (χ0n) is 26.3. The number of amides is 1. The summed E-state index contributed by atoms with van der Waals surface area (Å²) in [5.74, 6) is -3.14. The van der Waals surface area contributed by atoms with Gasteiger partial charge in [0, 0.05) is 38.4 Å². The van der Waals surface area contributed by atoms with Crippen molar-refractivity contribution in [1.29, 1.82) is 0 Å². The number of hydrogen-bond acceptors (Lipinski definition) is 9. The summed E-state index contributed by atoms with van der Waals surface area (Å²) < 4.78 is 64.0. The molecular weight excluding hydrogens is 632 g/mol. The first-order chi connectivity index (χ1) is 22.3. The molecule has 1 amide bonds. The highest BCUT2D eigenvalue weighted by molar-refractivity contribution is 7.90. The van der Waals surface area contributed by atoms with Crippen molar-refractivity contribution in [2.24, 2.45) is 0 Å². The van der Waals surface area contributed by atoms with Gasteiger partial charge in [0.15, 0.2) is 21.3 Å². The van der Waals surface area contributed by atoms with Gasteiger partial charge in [0.05, 0.1) is 21.5 Å². The van der Waals surface area contributed by atoms with E-state index in [1.165, 1.54) is 24.3 Å². The number of hydrogen-bond donors (Lipinski definition) is 0. The molecule has 1 aliphatic rings. The zero-order valence-corrected chi connectivity index (χ0v) is 27.1. The molecule has 0 spiro atoms. The number of rotatable bonds is 8. The number of esters is 1. The summed E-state index contributed by atoms with van der Waals surface area (Å²) in [6.07, 6.45) is 2.48. The summed E-state index contributed by atoms with van der Waals surface area (Å²) in [5, 5.41) is 0.0370. The monoisotopic (exact) mass is 665 g/mol. The van der Waals surface area contributed by atoms with Crippen LogP contribution in [0.2, 0.25) is 0 Å². The average molecular weight is 666 g/mol. The molecule has 1 aliphatic heterocycles. The van der Waals surface area contributed by atoms with Crippen molar-refractivity contribution in [2.75, 3.05) is 30.8 Å². The van der Waals surface area contributed by atoms with E-state index in [0.717, 1.165) is 23.0 Å². The quantitative estimate of drug-likeness (QED) is 0.154. The van der Waals surface area contributed by atoms with Crippen LogP contribution in [0, 0.1) is 11.6 Å². The third-order valence-electron chi connectivity index (χ3n) is 8.00. The molecule has 1 fully saturated rings. The van der Waals surface area contributed by atoms with Crippen LogP contribution < -0.4 is 15.3 Å². The minimum absolute atomic E-state index is 0.0165. The van der Waals surface area contributed by atoms with Crippen LogP contribution in [0.25, 0.3) is 28.0 Å². The van der Waals surface area contributed by atoms with Gasteiger partial charge in [-0.2, -0.15) is 4.98 Å². The van der Waals surface area contributed by atoms with E-state index in [1.807, 2.05) is 6.92 Å². The Balaban J connectivity index is 1.88. The number of nitrogens with zero attached hydrogens (tertiary/aromatic N) is 5. The summed E-state index contributed by atoms with van der Waals surface area (Å²) in [4.78, 5) is 50.6. The van der Waals surface area contributed by atoms with E-state index in [-0.39, 0.29) is 71.2 Å². The van der Waals surface area contributed by atoms with Crippen molar-refractivity contribution in [3.8, 4) is 22.7 Å². The van der Waals surface area contributed by atoms with Crippen LogP contribution in [0.1, 0.15) is 32.8 Å². The number of carbonyl (C=O) groups is 2. The Morgan fingerprint density at radius 3 is 2.45 bits per heavy atom. The number of ether oxygens (including phenoxy) is 1. The van der Waals surface area contributed by atoms with Crippen LogP contribution >= 0.6 is 0 Å². The zero-order chi connectivity index (χ0) is 34.2. The number of carbonyl (C=O) groups excluding carboxylic acids is 2. The first-order valence-corrected chi connectivity index (χ1v) is 16.8. The largest absolute Gasteiger partial charge is 0.426 e. The first-order valence-electron chi connectivity index (χ1n) is 14.9. The van der Waals surface area contributed by atoms with Crippen LogP contribution in [0.15, 0.2) is 64.8 Å². The van der Waals surface area contributed by atoms with E-state index in [4.69, 9.17) is 4.74 Å². The summed E-state index contributed by atoms with van der Waals surface area (Å²) in [5.41, 5.74) is -1.68. The molecule has 2 aromatic carbocycles. The Bertz CT molecular complexity index is 2100. The first kappa shape index (κ1) is 33.4. The number of benzene rings is 2. The van der Waals surface area contributed by atoms with E-state index < -0.39 is 44.4 Å². The fourth-order valence-electron chi connectivity index (χ4n) is 5.72. The molecule has 246 valence electrons. The van der Waals surface area contributed by atoms with Gasteiger partial charge in [-0.15, -0.1) is 0 Å². The predicted molar refractivity (Wildman–Crippen MR) is 172 cm³/mol. The Labute approximate surface area is 270 Å². The molecular formula is C33H33F2N5O6S. The lowest BCUT2D eigenvalue weighted by molar-refractivity contribution is -0.134. The lowest BCUT2D eigenvalue weighted by Gasteiger charge is -2.40. The second kappa shape index (κ2) is 13.0. The van der Waals surface area contributed by atoms with Crippen molar-refractivity contribution in [3.63, 3.8) is 0 Å². The minimum atomic E-state index is -3.92. The molecule has 0 aliphatic carbocycles.